The Balaban J connectivity index is 1.88. The number of nitrogens with one attached hydrogen (secondary N) is 2. The maximum Gasteiger partial charge on any atom is 0.317 e. The zero-order chi connectivity index (χ0) is 17.4. The minimum atomic E-state index is -0.378. The van der Waals surface area contributed by atoms with Crippen LogP contribution in [0, 0.1) is 0 Å². The van der Waals surface area contributed by atoms with Crippen molar-refractivity contribution in [2.75, 3.05) is 32.7 Å². The van der Waals surface area contributed by atoms with Gasteiger partial charge >= 0.3 is 6.03 Å². The molecule has 132 valence electrons. The Hall–Kier alpha value is -2.31. The van der Waals surface area contributed by atoms with Crippen LogP contribution >= 0.6 is 0 Å². The van der Waals surface area contributed by atoms with Crippen LogP contribution in [-0.2, 0) is 0 Å². The molecule has 7 heteroatoms. The van der Waals surface area contributed by atoms with Crippen LogP contribution in [0.4, 0.5) is 4.79 Å². The lowest BCUT2D eigenvalue weighted by Gasteiger charge is -2.22. The Morgan fingerprint density at radius 1 is 1.17 bits per heavy atom. The highest BCUT2D eigenvalue weighted by atomic mass is 16.2. The number of carbonyl (C=O) groups excluding carboxylic acids is 2. The van der Waals surface area contributed by atoms with E-state index in [-0.39, 0.29) is 23.1 Å². The van der Waals surface area contributed by atoms with Crippen LogP contribution in [0.1, 0.15) is 43.0 Å². The molecule has 1 fully saturated rings. The maximum absolute atomic E-state index is 12.5. The first-order valence-corrected chi connectivity index (χ1v) is 8.63. The number of unbranched alkanes of at least 4 members (excludes halogenated alkanes) is 2. The lowest BCUT2D eigenvalue weighted by atomic mass is 10.2. The summed E-state index contributed by atoms with van der Waals surface area (Å²) in [5.74, 6) is -0.276. The number of hydrogen-bond acceptors (Lipinski definition) is 3. The highest BCUT2D eigenvalue weighted by molar-refractivity contribution is 5.93. The van der Waals surface area contributed by atoms with E-state index in [9.17, 15) is 14.4 Å². The van der Waals surface area contributed by atoms with Crippen molar-refractivity contribution in [1.29, 1.82) is 0 Å². The number of aromatic nitrogens is 1. The summed E-state index contributed by atoms with van der Waals surface area (Å²) in [7, 11) is 0. The highest BCUT2D eigenvalue weighted by Crippen LogP contribution is 2.07. The monoisotopic (exact) mass is 334 g/mol. The Labute approximate surface area is 142 Å². The summed E-state index contributed by atoms with van der Waals surface area (Å²) in [5.41, 5.74) is -0.229. The van der Waals surface area contributed by atoms with Gasteiger partial charge in [0.25, 0.3) is 11.5 Å². The van der Waals surface area contributed by atoms with Gasteiger partial charge in [-0.3, -0.25) is 9.59 Å². The van der Waals surface area contributed by atoms with Gasteiger partial charge in [0.15, 0.2) is 0 Å². The second-order valence-electron chi connectivity index (χ2n) is 5.98. The van der Waals surface area contributed by atoms with E-state index in [1.165, 1.54) is 12.3 Å². The number of rotatable bonds is 5. The Morgan fingerprint density at radius 2 is 1.92 bits per heavy atom. The molecule has 1 aliphatic heterocycles. The number of pyridine rings is 1. The van der Waals surface area contributed by atoms with Gasteiger partial charge in [0.1, 0.15) is 5.56 Å². The van der Waals surface area contributed by atoms with Gasteiger partial charge in [0, 0.05) is 38.9 Å². The fraction of sp³-hybridized carbons (Fsp3) is 0.588. The van der Waals surface area contributed by atoms with E-state index in [2.05, 4.69) is 17.2 Å². The molecule has 3 amide bonds. The van der Waals surface area contributed by atoms with Gasteiger partial charge in [-0.2, -0.15) is 0 Å². The third-order valence-electron chi connectivity index (χ3n) is 4.18. The highest BCUT2D eigenvalue weighted by Gasteiger charge is 2.23. The van der Waals surface area contributed by atoms with Crippen molar-refractivity contribution in [2.45, 2.75) is 32.6 Å². The molecule has 1 aromatic rings. The van der Waals surface area contributed by atoms with Crippen molar-refractivity contribution in [3.05, 3.63) is 34.2 Å². The van der Waals surface area contributed by atoms with Crippen molar-refractivity contribution >= 4 is 11.9 Å². The molecular formula is C17H26N4O3. The van der Waals surface area contributed by atoms with Crippen molar-refractivity contribution in [3.8, 4) is 0 Å². The second-order valence-corrected chi connectivity index (χ2v) is 5.98. The minimum absolute atomic E-state index is 0.0713. The average molecular weight is 334 g/mol. The van der Waals surface area contributed by atoms with Gasteiger partial charge in [0.2, 0.25) is 0 Å². The van der Waals surface area contributed by atoms with Gasteiger partial charge in [0.05, 0.1) is 0 Å². The fourth-order valence-corrected chi connectivity index (χ4v) is 2.77. The van der Waals surface area contributed by atoms with Gasteiger partial charge < -0.3 is 20.1 Å². The van der Waals surface area contributed by atoms with E-state index in [1.807, 2.05) is 0 Å². The summed E-state index contributed by atoms with van der Waals surface area (Å²) in [4.78, 5) is 42.3. The summed E-state index contributed by atoms with van der Waals surface area (Å²) in [6.45, 7) is 4.90. The molecule has 2 rings (SSSR count). The number of urea groups is 1. The lowest BCUT2D eigenvalue weighted by Crippen LogP contribution is -2.43. The molecule has 0 unspecified atom stereocenters. The molecule has 7 nitrogen and oxygen atoms in total. The first-order chi connectivity index (χ1) is 11.6. The van der Waals surface area contributed by atoms with E-state index in [0.29, 0.717) is 39.1 Å². The van der Waals surface area contributed by atoms with Crippen LogP contribution in [0.5, 0.6) is 0 Å². The normalized spacial score (nSPS) is 15.0. The van der Waals surface area contributed by atoms with Crippen molar-refractivity contribution in [2.24, 2.45) is 0 Å². The Morgan fingerprint density at radius 3 is 2.67 bits per heavy atom. The van der Waals surface area contributed by atoms with E-state index in [1.54, 1.807) is 15.9 Å². The van der Waals surface area contributed by atoms with E-state index in [0.717, 1.165) is 19.3 Å². The first kappa shape index (κ1) is 18.0. The second kappa shape index (κ2) is 9.10. The van der Waals surface area contributed by atoms with Crippen LogP contribution in [0.15, 0.2) is 23.1 Å². The Kier molecular flexibility index (Phi) is 6.84. The van der Waals surface area contributed by atoms with Crippen LogP contribution in [0.25, 0.3) is 0 Å². The topological polar surface area (TPSA) is 85.5 Å². The molecule has 1 saturated heterocycles. The average Bonchev–Trinajstić information content (AvgIpc) is 2.84. The standard InChI is InChI=1S/C17H26N4O3/c1-2-3-4-8-19-17(24)21-11-6-10-20(12-13-21)16(23)14-7-5-9-18-15(14)22/h5,7,9H,2-4,6,8,10-13H2,1H3,(H,18,22)(H,19,24). The minimum Gasteiger partial charge on any atom is -0.338 e. The van der Waals surface area contributed by atoms with Gasteiger partial charge in [-0.1, -0.05) is 19.8 Å². The van der Waals surface area contributed by atoms with Crippen LogP contribution in [-0.4, -0.2) is 59.4 Å². The molecule has 24 heavy (non-hydrogen) atoms. The van der Waals surface area contributed by atoms with Gasteiger partial charge in [-0.15, -0.1) is 0 Å². The number of nitrogens with zero attached hydrogens (tertiary/aromatic N) is 2. The number of H-pyrrole nitrogens is 1. The SMILES string of the molecule is CCCCCNC(=O)N1CCCN(C(=O)c2ccc[nH]c2=O)CC1. The third kappa shape index (κ3) is 4.84. The first-order valence-electron chi connectivity index (χ1n) is 8.63. The van der Waals surface area contributed by atoms with Crippen molar-refractivity contribution < 1.29 is 9.59 Å². The molecule has 1 aromatic heterocycles. The van der Waals surface area contributed by atoms with Gasteiger partial charge in [-0.05, 0) is 25.0 Å². The smallest absolute Gasteiger partial charge is 0.317 e. The number of amides is 3. The van der Waals surface area contributed by atoms with Crippen molar-refractivity contribution in [1.82, 2.24) is 20.1 Å². The summed E-state index contributed by atoms with van der Waals surface area (Å²) in [6.07, 6.45) is 5.42. The Bertz CT molecular complexity index is 614. The summed E-state index contributed by atoms with van der Waals surface area (Å²) in [5, 5.41) is 2.93. The molecule has 0 aliphatic carbocycles. The quantitative estimate of drug-likeness (QED) is 0.799. The zero-order valence-corrected chi connectivity index (χ0v) is 14.2. The molecule has 0 radical (unpaired) electrons. The molecule has 0 spiro atoms. The lowest BCUT2D eigenvalue weighted by molar-refractivity contribution is 0.0760. The molecule has 0 bridgehead atoms. The summed E-state index contributed by atoms with van der Waals surface area (Å²) in [6, 6.07) is 3.10. The van der Waals surface area contributed by atoms with Crippen LogP contribution in [0.2, 0.25) is 0 Å². The van der Waals surface area contributed by atoms with Crippen LogP contribution < -0.4 is 10.9 Å². The summed E-state index contributed by atoms with van der Waals surface area (Å²) >= 11 is 0. The summed E-state index contributed by atoms with van der Waals surface area (Å²) < 4.78 is 0. The zero-order valence-electron chi connectivity index (χ0n) is 14.2. The third-order valence-corrected chi connectivity index (χ3v) is 4.18. The molecule has 0 aromatic carbocycles. The fourth-order valence-electron chi connectivity index (χ4n) is 2.77. The van der Waals surface area contributed by atoms with E-state index < -0.39 is 0 Å². The largest absolute Gasteiger partial charge is 0.338 e. The number of aromatic amines is 1. The van der Waals surface area contributed by atoms with Crippen LogP contribution in [0.3, 0.4) is 0 Å². The van der Waals surface area contributed by atoms with E-state index in [4.69, 9.17) is 0 Å². The molecular weight excluding hydrogens is 308 g/mol. The van der Waals surface area contributed by atoms with Crippen molar-refractivity contribution in [3.63, 3.8) is 0 Å². The maximum atomic E-state index is 12.5. The molecule has 2 heterocycles. The number of carbonyl (C=O) groups is 2. The molecule has 0 atom stereocenters. The molecule has 0 saturated carbocycles. The van der Waals surface area contributed by atoms with Gasteiger partial charge in [-0.25, -0.2) is 4.79 Å². The van der Waals surface area contributed by atoms with E-state index >= 15 is 0 Å². The predicted molar refractivity (Wildman–Crippen MR) is 92.1 cm³/mol. The molecule has 1 aliphatic rings. The predicted octanol–water partition coefficient (Wildman–Crippen LogP) is 1.42. The number of hydrogen-bond donors (Lipinski definition) is 2. The molecule has 2 N–H and O–H groups in total.